The summed E-state index contributed by atoms with van der Waals surface area (Å²) in [5.41, 5.74) is 5.05. The zero-order valence-corrected chi connectivity index (χ0v) is 22.8. The van der Waals surface area contributed by atoms with Crippen LogP contribution in [0.25, 0.3) is 10.6 Å². The van der Waals surface area contributed by atoms with Crippen molar-refractivity contribution < 1.29 is 13.2 Å². The number of aryl methyl sites for hydroxylation is 2. The number of hydrogen-bond acceptors (Lipinski definition) is 7. The van der Waals surface area contributed by atoms with E-state index in [1.54, 1.807) is 23.3 Å². The average molecular weight is 552 g/mol. The molecule has 1 aromatic carbocycles. The van der Waals surface area contributed by atoms with E-state index in [-0.39, 0.29) is 11.6 Å². The zero-order valence-electron chi connectivity index (χ0n) is 20.3. The Morgan fingerprint density at radius 3 is 2.81 bits per heavy atom. The van der Waals surface area contributed by atoms with Crippen molar-refractivity contribution in [2.24, 2.45) is 0 Å². The van der Waals surface area contributed by atoms with Gasteiger partial charge in [0.15, 0.2) is 0 Å². The second-order valence-electron chi connectivity index (χ2n) is 8.60. The first-order valence-electron chi connectivity index (χ1n) is 11.6. The molecule has 4 rings (SSSR count). The van der Waals surface area contributed by atoms with Crippen molar-refractivity contribution in [3.8, 4) is 10.6 Å². The summed E-state index contributed by atoms with van der Waals surface area (Å²) in [7, 11) is 1.90. The van der Waals surface area contributed by atoms with Crippen molar-refractivity contribution in [2.75, 3.05) is 31.2 Å². The van der Waals surface area contributed by atoms with Crippen LogP contribution < -0.4 is 10.6 Å². The number of thioether (sulfide) groups is 1. The van der Waals surface area contributed by atoms with Crippen LogP contribution in [0.3, 0.4) is 0 Å². The van der Waals surface area contributed by atoms with Crippen molar-refractivity contribution >= 4 is 52.4 Å². The van der Waals surface area contributed by atoms with Crippen LogP contribution >= 0.6 is 35.3 Å². The molecule has 1 aliphatic heterocycles. The molecule has 1 aliphatic rings. The first-order chi connectivity index (χ1) is 17.2. The van der Waals surface area contributed by atoms with Gasteiger partial charge in [-0.05, 0) is 55.1 Å². The van der Waals surface area contributed by atoms with E-state index in [1.807, 2.05) is 18.9 Å². The lowest BCUT2D eigenvalue weighted by atomic mass is 9.96. The molecule has 11 heteroatoms. The standard InChI is InChI=1S/C25H28F3N5S3/c1-4-16-9-18-12-29-6-5-17(18)10-20(16)31-24-30-13-19(25(26,27)28)23(32-24)22-11-21(15(2)36-22)35-8-7-33(3)14-34/h9-11,13-14,29H,4-8,12H2,1-3H3,(H,30,31,32). The smallest absolute Gasteiger partial charge is 0.371 e. The number of anilines is 2. The Kier molecular flexibility index (Phi) is 8.54. The van der Waals surface area contributed by atoms with Gasteiger partial charge in [0.05, 0.1) is 16.1 Å². The number of nitrogens with zero attached hydrogens (tertiary/aromatic N) is 3. The highest BCUT2D eigenvalue weighted by Gasteiger charge is 2.36. The monoisotopic (exact) mass is 551 g/mol. The van der Waals surface area contributed by atoms with E-state index in [0.29, 0.717) is 4.88 Å². The molecule has 192 valence electrons. The van der Waals surface area contributed by atoms with Crippen LogP contribution in [-0.2, 0) is 25.6 Å². The molecule has 0 fully saturated rings. The topological polar surface area (TPSA) is 53.1 Å². The molecule has 36 heavy (non-hydrogen) atoms. The normalized spacial score (nSPS) is 13.4. The number of aromatic nitrogens is 2. The summed E-state index contributed by atoms with van der Waals surface area (Å²) in [5, 5.41) is 6.58. The van der Waals surface area contributed by atoms with Crippen molar-refractivity contribution in [1.29, 1.82) is 0 Å². The molecule has 0 radical (unpaired) electrons. The molecule has 3 heterocycles. The Balaban J connectivity index is 1.66. The third-order valence-corrected chi connectivity index (χ3v) is 8.69. The molecule has 5 nitrogen and oxygen atoms in total. The fraction of sp³-hybridized carbons (Fsp3) is 0.400. The van der Waals surface area contributed by atoms with Gasteiger partial charge in [0.25, 0.3) is 0 Å². The van der Waals surface area contributed by atoms with Gasteiger partial charge in [0.1, 0.15) is 5.56 Å². The summed E-state index contributed by atoms with van der Waals surface area (Å²) >= 11 is 7.83. The Labute approximate surface area is 222 Å². The molecule has 0 atom stereocenters. The first-order valence-corrected chi connectivity index (χ1v) is 13.9. The average Bonchev–Trinajstić information content (AvgIpc) is 3.23. The van der Waals surface area contributed by atoms with Gasteiger partial charge < -0.3 is 15.5 Å². The van der Waals surface area contributed by atoms with Crippen molar-refractivity contribution in [2.45, 2.75) is 44.3 Å². The molecule has 0 spiro atoms. The number of thiophene rings is 1. The minimum Gasteiger partial charge on any atom is -0.371 e. The quantitative estimate of drug-likeness (QED) is 0.234. The maximum absolute atomic E-state index is 13.9. The van der Waals surface area contributed by atoms with E-state index in [4.69, 9.17) is 12.2 Å². The lowest BCUT2D eigenvalue weighted by molar-refractivity contribution is -0.137. The predicted octanol–water partition coefficient (Wildman–Crippen LogP) is 6.47. The Bertz CT molecular complexity index is 1240. The Hall–Kier alpha value is -2.21. The van der Waals surface area contributed by atoms with Crippen molar-refractivity contribution in [1.82, 2.24) is 20.2 Å². The third-order valence-electron chi connectivity index (χ3n) is 6.02. The number of fused-ring (bicyclic) bond motifs is 1. The minimum atomic E-state index is -4.56. The van der Waals surface area contributed by atoms with E-state index in [2.05, 4.69) is 39.7 Å². The molecule has 3 aromatic rings. The summed E-state index contributed by atoms with van der Waals surface area (Å²) in [6, 6.07) is 6.03. The number of hydrogen-bond donors (Lipinski definition) is 2. The molecule has 0 unspecified atom stereocenters. The van der Waals surface area contributed by atoms with Gasteiger partial charge in [-0.15, -0.1) is 23.1 Å². The molecule has 0 bridgehead atoms. The molecule has 0 saturated heterocycles. The summed E-state index contributed by atoms with van der Waals surface area (Å²) in [6.07, 6.45) is -1.99. The maximum Gasteiger partial charge on any atom is 0.420 e. The summed E-state index contributed by atoms with van der Waals surface area (Å²) in [5.74, 6) is 0.932. The van der Waals surface area contributed by atoms with Gasteiger partial charge in [0.2, 0.25) is 5.95 Å². The summed E-state index contributed by atoms with van der Waals surface area (Å²) in [6.45, 7) is 6.45. The van der Waals surface area contributed by atoms with Crippen LogP contribution in [-0.4, -0.2) is 46.2 Å². The summed E-state index contributed by atoms with van der Waals surface area (Å²) in [4.78, 5) is 12.7. The molecule has 0 saturated carbocycles. The minimum absolute atomic E-state index is 0.101. The molecular formula is C25H28F3N5S3. The van der Waals surface area contributed by atoms with Gasteiger partial charge in [0, 0.05) is 47.5 Å². The summed E-state index contributed by atoms with van der Waals surface area (Å²) < 4.78 is 41.7. The molecule has 2 N–H and O–H groups in total. The van der Waals surface area contributed by atoms with Gasteiger partial charge in [-0.3, -0.25) is 0 Å². The van der Waals surface area contributed by atoms with E-state index in [1.165, 1.54) is 22.5 Å². The Morgan fingerprint density at radius 1 is 1.28 bits per heavy atom. The maximum atomic E-state index is 13.9. The molecular weight excluding hydrogens is 524 g/mol. The highest BCUT2D eigenvalue weighted by molar-refractivity contribution is 7.99. The molecule has 2 aromatic heterocycles. The predicted molar refractivity (Wildman–Crippen MR) is 147 cm³/mol. The molecule has 0 aliphatic carbocycles. The fourth-order valence-corrected chi connectivity index (χ4v) is 6.43. The van der Waals surface area contributed by atoms with Gasteiger partial charge in [-0.2, -0.15) is 13.2 Å². The van der Waals surface area contributed by atoms with Crippen LogP contribution in [0.1, 0.15) is 34.1 Å². The van der Waals surface area contributed by atoms with Crippen LogP contribution in [0.15, 0.2) is 29.3 Å². The van der Waals surface area contributed by atoms with Crippen LogP contribution in [0.5, 0.6) is 0 Å². The lowest BCUT2D eigenvalue weighted by Gasteiger charge is -2.21. The highest BCUT2D eigenvalue weighted by atomic mass is 32.2. The second kappa shape index (κ2) is 11.5. The third kappa shape index (κ3) is 6.19. The zero-order chi connectivity index (χ0) is 25.9. The van der Waals surface area contributed by atoms with Gasteiger partial charge in [-0.1, -0.05) is 25.2 Å². The van der Waals surface area contributed by atoms with Crippen LogP contribution in [0.2, 0.25) is 0 Å². The molecule has 0 amide bonds. The van der Waals surface area contributed by atoms with Gasteiger partial charge >= 0.3 is 6.18 Å². The number of alkyl halides is 3. The SMILES string of the molecule is CCc1cc2c(cc1Nc1ncc(C(F)(F)F)c(-c3cc(SCCN(C)C=S)c(C)s3)n1)CCNC2. The van der Waals surface area contributed by atoms with E-state index < -0.39 is 11.7 Å². The lowest BCUT2D eigenvalue weighted by Crippen LogP contribution is -2.24. The van der Waals surface area contributed by atoms with Crippen LogP contribution in [0, 0.1) is 6.92 Å². The number of halogens is 3. The Morgan fingerprint density at radius 2 is 2.08 bits per heavy atom. The van der Waals surface area contributed by atoms with E-state index in [9.17, 15) is 13.2 Å². The van der Waals surface area contributed by atoms with Crippen LogP contribution in [0.4, 0.5) is 24.8 Å². The van der Waals surface area contributed by atoms with Crippen molar-refractivity contribution in [3.63, 3.8) is 0 Å². The fourth-order valence-electron chi connectivity index (χ4n) is 4.03. The number of nitrogens with one attached hydrogen (secondary N) is 2. The van der Waals surface area contributed by atoms with Crippen molar-refractivity contribution in [3.05, 3.63) is 51.5 Å². The first kappa shape index (κ1) is 26.8. The number of benzene rings is 1. The second-order valence-corrected chi connectivity index (χ2v) is 11.2. The highest BCUT2D eigenvalue weighted by Crippen LogP contribution is 2.42. The number of rotatable bonds is 9. The number of thiocarbonyl (C=S) groups is 1. The largest absolute Gasteiger partial charge is 0.420 e. The van der Waals surface area contributed by atoms with E-state index >= 15 is 0 Å². The van der Waals surface area contributed by atoms with E-state index in [0.717, 1.165) is 65.4 Å². The van der Waals surface area contributed by atoms with Gasteiger partial charge in [-0.25, -0.2) is 9.97 Å².